The highest BCUT2D eigenvalue weighted by molar-refractivity contribution is 5.86. The fraction of sp³-hybridized carbons (Fsp3) is 0.158. The van der Waals surface area contributed by atoms with E-state index < -0.39 is 0 Å². The van der Waals surface area contributed by atoms with E-state index in [0.717, 1.165) is 10.9 Å². The van der Waals surface area contributed by atoms with E-state index in [1.807, 2.05) is 12.1 Å². The third kappa shape index (κ3) is 3.47. The number of phenols is 2. The van der Waals surface area contributed by atoms with Gasteiger partial charge in [0.25, 0.3) is 0 Å². The van der Waals surface area contributed by atoms with Gasteiger partial charge in [0.15, 0.2) is 11.5 Å². The van der Waals surface area contributed by atoms with E-state index in [1.165, 1.54) is 6.07 Å². The molecule has 0 amide bonds. The summed E-state index contributed by atoms with van der Waals surface area (Å²) < 4.78 is 5.66. The molecule has 3 rings (SSSR count). The minimum absolute atomic E-state index is 0.0388. The first-order valence-electron chi connectivity index (χ1n) is 7.79. The molecule has 0 aliphatic rings. The first-order valence-corrected chi connectivity index (χ1v) is 7.79. The van der Waals surface area contributed by atoms with Crippen LogP contribution in [0.2, 0.25) is 0 Å². The summed E-state index contributed by atoms with van der Waals surface area (Å²) in [5.74, 6) is 0.286. The first-order chi connectivity index (χ1) is 12.1. The lowest BCUT2D eigenvalue weighted by atomic mass is 10.1. The molecule has 0 radical (unpaired) electrons. The van der Waals surface area contributed by atoms with Gasteiger partial charge >= 0.3 is 0 Å². The van der Waals surface area contributed by atoms with Crippen molar-refractivity contribution in [1.29, 1.82) is 5.26 Å². The summed E-state index contributed by atoms with van der Waals surface area (Å²) in [5, 5.41) is 29.7. The topological polar surface area (TPSA) is 112 Å². The quantitative estimate of drug-likeness (QED) is 0.660. The number of aromatic hydroxyl groups is 2. The molecule has 3 aromatic rings. The number of rotatable bonds is 5. The summed E-state index contributed by atoms with van der Waals surface area (Å²) in [6.07, 6.45) is 0.690. The zero-order valence-electron chi connectivity index (χ0n) is 13.4. The van der Waals surface area contributed by atoms with Crippen molar-refractivity contribution in [2.24, 2.45) is 5.73 Å². The van der Waals surface area contributed by atoms with Crippen molar-refractivity contribution in [2.45, 2.75) is 13.0 Å². The molecule has 0 saturated heterocycles. The van der Waals surface area contributed by atoms with Crippen molar-refractivity contribution >= 4 is 10.9 Å². The number of nitriles is 1. The number of hydrogen-bond donors (Lipinski definition) is 3. The van der Waals surface area contributed by atoms with Gasteiger partial charge in [-0.15, -0.1) is 0 Å². The molecule has 0 spiro atoms. The molecule has 0 fully saturated rings. The summed E-state index contributed by atoms with van der Waals surface area (Å²) in [4.78, 5) is 4.40. The Morgan fingerprint density at radius 2 is 1.84 bits per heavy atom. The molecule has 25 heavy (non-hydrogen) atoms. The molecule has 6 heteroatoms. The van der Waals surface area contributed by atoms with Crippen molar-refractivity contribution in [1.82, 2.24) is 4.98 Å². The number of phenolic OH excluding ortho intramolecular Hbond substituents is 2. The Hall–Kier alpha value is -3.30. The lowest BCUT2D eigenvalue weighted by molar-refractivity contribution is 0.285. The van der Waals surface area contributed by atoms with Crippen LogP contribution in [-0.2, 0) is 13.0 Å². The molecular weight excluding hydrogens is 318 g/mol. The number of hydrogen-bond acceptors (Lipinski definition) is 6. The maximum absolute atomic E-state index is 9.92. The summed E-state index contributed by atoms with van der Waals surface area (Å²) >= 11 is 0. The second kappa shape index (κ2) is 7.07. The maximum atomic E-state index is 9.92. The average molecular weight is 335 g/mol. The second-order valence-corrected chi connectivity index (χ2v) is 5.58. The predicted molar refractivity (Wildman–Crippen MR) is 93.3 cm³/mol. The lowest BCUT2D eigenvalue weighted by Crippen LogP contribution is -2.03. The third-order valence-electron chi connectivity index (χ3n) is 3.84. The van der Waals surface area contributed by atoms with Crippen LogP contribution < -0.4 is 10.5 Å². The minimum atomic E-state index is -0.104. The van der Waals surface area contributed by atoms with E-state index in [4.69, 9.17) is 10.5 Å². The molecule has 1 heterocycles. The van der Waals surface area contributed by atoms with Crippen LogP contribution in [0, 0.1) is 11.3 Å². The van der Waals surface area contributed by atoms with Gasteiger partial charge in [-0.05, 0) is 48.9 Å². The lowest BCUT2D eigenvalue weighted by Gasteiger charge is -2.10. The van der Waals surface area contributed by atoms with E-state index in [0.29, 0.717) is 29.9 Å². The first kappa shape index (κ1) is 16.6. The fourth-order valence-corrected chi connectivity index (χ4v) is 2.56. The highest BCUT2D eigenvalue weighted by atomic mass is 16.5. The molecule has 6 nitrogen and oxygen atoms in total. The number of ether oxygens (including phenoxy) is 1. The molecule has 0 saturated carbocycles. The molecule has 0 atom stereocenters. The van der Waals surface area contributed by atoms with Gasteiger partial charge in [-0.3, -0.25) is 0 Å². The maximum Gasteiger partial charge on any atom is 0.161 e. The zero-order valence-corrected chi connectivity index (χ0v) is 13.4. The molecule has 4 N–H and O–H groups in total. The molecule has 126 valence electrons. The monoisotopic (exact) mass is 335 g/mol. The van der Waals surface area contributed by atoms with Crippen LogP contribution in [0.15, 0.2) is 42.5 Å². The molecule has 2 aromatic carbocycles. The third-order valence-corrected chi connectivity index (χ3v) is 3.84. The Labute approximate surface area is 144 Å². The van der Waals surface area contributed by atoms with Gasteiger partial charge in [0, 0.05) is 5.39 Å². The molecular formula is C19H17N3O3. The summed E-state index contributed by atoms with van der Waals surface area (Å²) in [5.41, 5.74) is 7.65. The SMILES string of the molecule is N#Cc1c(O)ccc2ccc(COc3cc(CCN)ccc3O)nc12. The van der Waals surface area contributed by atoms with E-state index in [-0.39, 0.29) is 23.7 Å². The van der Waals surface area contributed by atoms with Gasteiger partial charge in [0.1, 0.15) is 24.0 Å². The zero-order chi connectivity index (χ0) is 17.8. The number of pyridine rings is 1. The Kier molecular flexibility index (Phi) is 4.68. The Bertz CT molecular complexity index is 964. The molecule has 0 aliphatic carbocycles. The van der Waals surface area contributed by atoms with Crippen LogP contribution in [0.4, 0.5) is 0 Å². The van der Waals surface area contributed by atoms with Gasteiger partial charge in [0.05, 0.1) is 11.2 Å². The largest absolute Gasteiger partial charge is 0.506 e. The average Bonchev–Trinajstić information content (AvgIpc) is 2.62. The number of aromatic nitrogens is 1. The highest BCUT2D eigenvalue weighted by Crippen LogP contribution is 2.29. The van der Waals surface area contributed by atoms with Crippen molar-refractivity contribution in [2.75, 3.05) is 6.54 Å². The van der Waals surface area contributed by atoms with Gasteiger partial charge in [-0.1, -0.05) is 12.1 Å². The highest BCUT2D eigenvalue weighted by Gasteiger charge is 2.10. The van der Waals surface area contributed by atoms with Crippen LogP contribution in [0.5, 0.6) is 17.2 Å². The van der Waals surface area contributed by atoms with Gasteiger partial charge in [0.2, 0.25) is 0 Å². The Morgan fingerprint density at radius 3 is 2.60 bits per heavy atom. The van der Waals surface area contributed by atoms with Gasteiger partial charge < -0.3 is 20.7 Å². The van der Waals surface area contributed by atoms with Crippen molar-refractivity contribution in [3.63, 3.8) is 0 Å². The van der Waals surface area contributed by atoms with Crippen molar-refractivity contribution in [3.05, 3.63) is 59.3 Å². The van der Waals surface area contributed by atoms with Crippen molar-refractivity contribution < 1.29 is 14.9 Å². The molecule has 0 aliphatic heterocycles. The minimum Gasteiger partial charge on any atom is -0.506 e. The van der Waals surface area contributed by atoms with E-state index in [1.54, 1.807) is 30.3 Å². The van der Waals surface area contributed by atoms with E-state index in [2.05, 4.69) is 4.98 Å². The Balaban J connectivity index is 1.87. The number of nitrogens with zero attached hydrogens (tertiary/aromatic N) is 2. The summed E-state index contributed by atoms with van der Waals surface area (Å²) in [7, 11) is 0. The van der Waals surface area contributed by atoms with Crippen LogP contribution >= 0.6 is 0 Å². The van der Waals surface area contributed by atoms with E-state index in [9.17, 15) is 15.5 Å². The number of benzene rings is 2. The standard InChI is InChI=1S/C19H17N3O3/c20-8-7-12-1-5-17(24)18(9-12)25-11-14-4-2-13-3-6-16(23)15(10-21)19(13)22-14/h1-6,9,23-24H,7-8,11,20H2. The van der Waals surface area contributed by atoms with E-state index >= 15 is 0 Å². The second-order valence-electron chi connectivity index (χ2n) is 5.58. The fourth-order valence-electron chi connectivity index (χ4n) is 2.56. The number of fused-ring (bicyclic) bond motifs is 1. The molecule has 0 bridgehead atoms. The summed E-state index contributed by atoms with van der Waals surface area (Å²) in [6.45, 7) is 0.632. The van der Waals surface area contributed by atoms with Gasteiger partial charge in [-0.2, -0.15) is 5.26 Å². The normalized spacial score (nSPS) is 10.6. The van der Waals surface area contributed by atoms with Crippen LogP contribution in [0.25, 0.3) is 10.9 Å². The van der Waals surface area contributed by atoms with Crippen molar-refractivity contribution in [3.8, 4) is 23.3 Å². The number of nitrogens with two attached hydrogens (primary N) is 1. The van der Waals surface area contributed by atoms with Gasteiger partial charge in [-0.25, -0.2) is 4.98 Å². The van der Waals surface area contributed by atoms with Crippen LogP contribution in [-0.4, -0.2) is 21.7 Å². The Morgan fingerprint density at radius 1 is 1.08 bits per heavy atom. The summed E-state index contributed by atoms with van der Waals surface area (Å²) in [6, 6.07) is 13.8. The predicted octanol–water partition coefficient (Wildman–Crippen LogP) is 2.60. The van der Waals surface area contributed by atoms with Crippen LogP contribution in [0.1, 0.15) is 16.8 Å². The van der Waals surface area contributed by atoms with Crippen LogP contribution in [0.3, 0.4) is 0 Å². The molecule has 0 unspecified atom stereocenters. The molecule has 1 aromatic heterocycles. The smallest absolute Gasteiger partial charge is 0.161 e.